The average molecular weight is 345 g/mol. The Morgan fingerprint density at radius 3 is 2.48 bits per heavy atom. The van der Waals surface area contributed by atoms with E-state index in [4.69, 9.17) is 4.74 Å². The van der Waals surface area contributed by atoms with Gasteiger partial charge in [-0.15, -0.1) is 0 Å². The van der Waals surface area contributed by atoms with E-state index in [1.54, 1.807) is 6.92 Å². The van der Waals surface area contributed by atoms with Gasteiger partial charge in [-0.25, -0.2) is 0 Å². The van der Waals surface area contributed by atoms with Crippen LogP contribution in [-0.4, -0.2) is 36.5 Å². The van der Waals surface area contributed by atoms with Gasteiger partial charge in [-0.2, -0.15) is 0 Å². The van der Waals surface area contributed by atoms with E-state index in [1.165, 1.54) is 24.8 Å². The van der Waals surface area contributed by atoms with Crippen molar-refractivity contribution < 1.29 is 14.3 Å². The number of carbonyl (C=O) groups is 2. The monoisotopic (exact) mass is 345 g/mol. The first kappa shape index (κ1) is 19.5. The predicted octanol–water partition coefficient (Wildman–Crippen LogP) is 3.98. The second kappa shape index (κ2) is 10.9. The lowest BCUT2D eigenvalue weighted by molar-refractivity contribution is -0.144. The van der Waals surface area contributed by atoms with E-state index in [0.29, 0.717) is 32.0 Å². The van der Waals surface area contributed by atoms with Crippen molar-refractivity contribution in [2.75, 3.05) is 19.7 Å². The van der Waals surface area contributed by atoms with Gasteiger partial charge in [-0.05, 0) is 37.7 Å². The van der Waals surface area contributed by atoms with Crippen molar-refractivity contribution in [2.24, 2.45) is 5.92 Å². The SMILES string of the molecule is CCOC(=O)CCN(CCc1ccccc1)C(=O)CC1CCCCC1. The third kappa shape index (κ3) is 7.29. The van der Waals surface area contributed by atoms with Crippen LogP contribution in [0.25, 0.3) is 0 Å². The Hall–Kier alpha value is -1.84. The Kier molecular flexibility index (Phi) is 8.50. The molecule has 0 heterocycles. The number of rotatable bonds is 9. The summed E-state index contributed by atoms with van der Waals surface area (Å²) < 4.78 is 5.01. The molecule has 4 heteroatoms. The summed E-state index contributed by atoms with van der Waals surface area (Å²) in [5.74, 6) is 0.480. The molecule has 4 nitrogen and oxygen atoms in total. The lowest BCUT2D eigenvalue weighted by Crippen LogP contribution is -2.36. The maximum absolute atomic E-state index is 12.8. The van der Waals surface area contributed by atoms with Crippen LogP contribution in [0.2, 0.25) is 0 Å². The molecule has 0 atom stereocenters. The maximum Gasteiger partial charge on any atom is 0.307 e. The van der Waals surface area contributed by atoms with E-state index in [2.05, 4.69) is 12.1 Å². The Morgan fingerprint density at radius 1 is 1.08 bits per heavy atom. The summed E-state index contributed by atoms with van der Waals surface area (Å²) >= 11 is 0. The summed E-state index contributed by atoms with van der Waals surface area (Å²) in [5.41, 5.74) is 1.22. The Balaban J connectivity index is 1.89. The number of esters is 1. The molecule has 0 spiro atoms. The van der Waals surface area contributed by atoms with Crippen molar-refractivity contribution in [2.45, 2.75) is 58.3 Å². The highest BCUT2D eigenvalue weighted by molar-refractivity contribution is 5.77. The minimum absolute atomic E-state index is 0.187. The van der Waals surface area contributed by atoms with Gasteiger partial charge in [0.15, 0.2) is 0 Å². The zero-order valence-corrected chi connectivity index (χ0v) is 15.4. The van der Waals surface area contributed by atoms with Gasteiger partial charge in [0.1, 0.15) is 0 Å². The normalized spacial score (nSPS) is 14.9. The summed E-state index contributed by atoms with van der Waals surface area (Å²) in [6.07, 6.45) is 7.82. The number of carbonyl (C=O) groups excluding carboxylic acids is 2. The van der Waals surface area contributed by atoms with E-state index < -0.39 is 0 Å². The minimum Gasteiger partial charge on any atom is -0.466 e. The Labute approximate surface area is 151 Å². The van der Waals surface area contributed by atoms with Gasteiger partial charge in [0.05, 0.1) is 13.0 Å². The number of amides is 1. The van der Waals surface area contributed by atoms with Gasteiger partial charge >= 0.3 is 5.97 Å². The molecule has 1 amide bonds. The van der Waals surface area contributed by atoms with Crippen LogP contribution < -0.4 is 0 Å². The second-order valence-electron chi connectivity index (χ2n) is 6.88. The highest BCUT2D eigenvalue weighted by atomic mass is 16.5. The third-order valence-corrected chi connectivity index (χ3v) is 4.95. The van der Waals surface area contributed by atoms with Crippen molar-refractivity contribution in [1.29, 1.82) is 0 Å². The number of ether oxygens (including phenoxy) is 1. The molecule has 1 aromatic rings. The van der Waals surface area contributed by atoms with Gasteiger partial charge in [-0.1, -0.05) is 49.6 Å². The molecule has 0 radical (unpaired) electrons. The van der Waals surface area contributed by atoms with Gasteiger partial charge in [0, 0.05) is 19.5 Å². The highest BCUT2D eigenvalue weighted by Gasteiger charge is 2.21. The van der Waals surface area contributed by atoms with Crippen LogP contribution in [0.1, 0.15) is 57.4 Å². The predicted molar refractivity (Wildman–Crippen MR) is 99.2 cm³/mol. The maximum atomic E-state index is 12.8. The van der Waals surface area contributed by atoms with E-state index in [0.717, 1.165) is 19.3 Å². The standard InChI is InChI=1S/C21H31NO3/c1-2-25-21(24)14-16-22(15-13-18-9-5-3-6-10-18)20(23)17-19-11-7-4-8-12-19/h3,5-6,9-10,19H,2,4,7-8,11-17H2,1H3. The molecular formula is C21H31NO3. The zero-order chi connectivity index (χ0) is 17.9. The Bertz CT molecular complexity index is 523. The molecule has 25 heavy (non-hydrogen) atoms. The first-order valence-corrected chi connectivity index (χ1v) is 9.66. The van der Waals surface area contributed by atoms with Crippen LogP contribution in [0.3, 0.4) is 0 Å². The molecular weight excluding hydrogens is 314 g/mol. The highest BCUT2D eigenvalue weighted by Crippen LogP contribution is 2.27. The van der Waals surface area contributed by atoms with Crippen molar-refractivity contribution >= 4 is 11.9 Å². The van der Waals surface area contributed by atoms with E-state index >= 15 is 0 Å². The summed E-state index contributed by atoms with van der Waals surface area (Å²) in [4.78, 5) is 26.3. The van der Waals surface area contributed by atoms with Crippen molar-refractivity contribution in [1.82, 2.24) is 4.90 Å². The Morgan fingerprint density at radius 2 is 1.80 bits per heavy atom. The van der Waals surface area contributed by atoms with E-state index in [1.807, 2.05) is 23.1 Å². The lowest BCUT2D eigenvalue weighted by atomic mass is 9.86. The summed E-state index contributed by atoms with van der Waals surface area (Å²) in [7, 11) is 0. The van der Waals surface area contributed by atoms with Crippen LogP contribution in [0.5, 0.6) is 0 Å². The van der Waals surface area contributed by atoms with Gasteiger partial charge < -0.3 is 9.64 Å². The van der Waals surface area contributed by atoms with Gasteiger partial charge in [0.25, 0.3) is 0 Å². The molecule has 0 aliphatic heterocycles. The van der Waals surface area contributed by atoms with Gasteiger partial charge in [0.2, 0.25) is 5.91 Å². The fraction of sp³-hybridized carbons (Fsp3) is 0.619. The molecule has 0 saturated heterocycles. The van der Waals surface area contributed by atoms with Crippen LogP contribution >= 0.6 is 0 Å². The summed E-state index contributed by atoms with van der Waals surface area (Å²) in [6.45, 7) is 3.31. The molecule has 0 unspecified atom stereocenters. The largest absolute Gasteiger partial charge is 0.466 e. The molecule has 0 bridgehead atoms. The lowest BCUT2D eigenvalue weighted by Gasteiger charge is -2.27. The van der Waals surface area contributed by atoms with E-state index in [9.17, 15) is 9.59 Å². The first-order valence-electron chi connectivity index (χ1n) is 9.66. The number of nitrogens with zero attached hydrogens (tertiary/aromatic N) is 1. The zero-order valence-electron chi connectivity index (χ0n) is 15.4. The van der Waals surface area contributed by atoms with Crippen molar-refractivity contribution in [3.05, 3.63) is 35.9 Å². The second-order valence-corrected chi connectivity index (χ2v) is 6.88. The van der Waals surface area contributed by atoms with Gasteiger partial charge in [-0.3, -0.25) is 9.59 Å². The summed E-state index contributed by atoms with van der Waals surface area (Å²) in [6, 6.07) is 10.2. The molecule has 2 rings (SSSR count). The molecule has 0 N–H and O–H groups in total. The van der Waals surface area contributed by atoms with Crippen LogP contribution in [0.15, 0.2) is 30.3 Å². The van der Waals surface area contributed by atoms with Crippen molar-refractivity contribution in [3.8, 4) is 0 Å². The molecule has 1 aliphatic rings. The quantitative estimate of drug-likeness (QED) is 0.636. The minimum atomic E-state index is -0.224. The molecule has 138 valence electrons. The molecule has 0 aromatic heterocycles. The summed E-state index contributed by atoms with van der Waals surface area (Å²) in [5, 5.41) is 0. The number of hydrogen-bond acceptors (Lipinski definition) is 3. The first-order chi connectivity index (χ1) is 12.2. The molecule has 1 aliphatic carbocycles. The number of hydrogen-bond donors (Lipinski definition) is 0. The molecule has 1 saturated carbocycles. The number of benzene rings is 1. The smallest absolute Gasteiger partial charge is 0.307 e. The fourth-order valence-corrected chi connectivity index (χ4v) is 3.50. The van der Waals surface area contributed by atoms with Crippen LogP contribution in [-0.2, 0) is 20.7 Å². The third-order valence-electron chi connectivity index (χ3n) is 4.95. The van der Waals surface area contributed by atoms with Crippen molar-refractivity contribution in [3.63, 3.8) is 0 Å². The molecule has 1 fully saturated rings. The molecule has 1 aromatic carbocycles. The van der Waals surface area contributed by atoms with Crippen LogP contribution in [0, 0.1) is 5.92 Å². The van der Waals surface area contributed by atoms with E-state index in [-0.39, 0.29) is 18.3 Å². The topological polar surface area (TPSA) is 46.6 Å². The average Bonchev–Trinajstić information content (AvgIpc) is 2.63. The fourth-order valence-electron chi connectivity index (χ4n) is 3.50. The van der Waals surface area contributed by atoms with Crippen LogP contribution in [0.4, 0.5) is 0 Å².